The highest BCUT2D eigenvalue weighted by atomic mass is 35.5. The van der Waals surface area contributed by atoms with Crippen LogP contribution >= 0.6 is 34.3 Å². The number of aliphatic hydroxyl groups is 1. The van der Waals surface area contributed by atoms with Crippen molar-refractivity contribution in [3.63, 3.8) is 0 Å². The molecule has 6 aromatic rings. The number of aliphatic imine (C=N–C) groups is 1. The van der Waals surface area contributed by atoms with E-state index in [0.29, 0.717) is 29.8 Å². The molecule has 7 heterocycles. The SMILES string of the molecule is Cc1ncsc1-c1ccc(CNC(=O)[C@@H]2C[C@@H](O)CN2C(=O)[C@H](c2cc(OCCN3CCC(NC(=O)C[C@@H]4N=C(c5ccc(Cl)cc5)c5c(sc(C)c5C)-n5c(C)nnc54)CC3)no2)C(C)C)cc1. The number of benzene rings is 2. The number of aryl methyl sites for hydroxylation is 3. The summed E-state index contributed by atoms with van der Waals surface area (Å²) in [6.07, 6.45) is 0.989. The van der Waals surface area contributed by atoms with Gasteiger partial charge in [0.15, 0.2) is 11.6 Å². The third-order valence-electron chi connectivity index (χ3n) is 13.4. The maximum Gasteiger partial charge on any atom is 0.254 e. The molecule has 16 nitrogen and oxygen atoms in total. The number of thiophene rings is 1. The standard InChI is InChI=1S/C50H57ClN10O6S2/c1-27(2)43(49(65)60-25-37(62)21-39(60)48(64)52-24-32-7-9-34(10-8-32)46-29(4)53-26-68-46)40-23-42(58-67-40)66-20-19-59-17-15-36(16-18-59)54-41(63)22-38-47-57-56-31(6)61(47)50-44(28(3)30(5)69-50)45(55-38)33-11-13-35(51)14-12-33/h7-14,23,26-27,36-39,43,62H,15-22,24-25H2,1-6H3,(H,52,64)(H,54,63)/t37-,38+,39+,43+/m1/s1. The van der Waals surface area contributed by atoms with E-state index in [2.05, 4.69) is 54.3 Å². The van der Waals surface area contributed by atoms with Crippen LogP contribution in [0.1, 0.15) is 102 Å². The quantitative estimate of drug-likeness (QED) is 0.0936. The summed E-state index contributed by atoms with van der Waals surface area (Å²) in [6.45, 7) is 14.8. The molecule has 0 bridgehead atoms. The number of hydrogen-bond donors (Lipinski definition) is 3. The summed E-state index contributed by atoms with van der Waals surface area (Å²) in [7, 11) is 0. The molecule has 3 N–H and O–H groups in total. The van der Waals surface area contributed by atoms with Gasteiger partial charge in [-0.15, -0.1) is 32.9 Å². The lowest BCUT2D eigenvalue weighted by Gasteiger charge is -2.32. The number of likely N-dealkylation sites (tertiary alicyclic amines) is 2. The molecular weight excluding hydrogens is 936 g/mol. The van der Waals surface area contributed by atoms with Crippen LogP contribution in [0.15, 0.2) is 69.6 Å². The Labute approximate surface area is 414 Å². The Hall–Kier alpha value is -5.79. The smallest absolute Gasteiger partial charge is 0.254 e. The molecule has 2 saturated heterocycles. The fraction of sp³-hybridized carbons (Fsp3) is 0.440. The minimum Gasteiger partial charge on any atom is -0.474 e. The fourth-order valence-corrected chi connectivity index (χ4v) is 11.7. The summed E-state index contributed by atoms with van der Waals surface area (Å²) in [5.74, 6) is 0.337. The number of ether oxygens (including phenoxy) is 1. The van der Waals surface area contributed by atoms with Crippen LogP contribution in [-0.4, -0.2) is 114 Å². The summed E-state index contributed by atoms with van der Waals surface area (Å²) in [5.41, 5.74) is 8.68. The first-order valence-electron chi connectivity index (χ1n) is 23.5. The maximum atomic E-state index is 14.2. The molecule has 362 valence electrons. The molecule has 4 atom stereocenters. The van der Waals surface area contributed by atoms with Gasteiger partial charge in [0.05, 0.1) is 34.3 Å². The number of carbonyl (C=O) groups excluding carboxylic acids is 3. The second kappa shape index (κ2) is 20.7. The maximum absolute atomic E-state index is 14.2. The highest BCUT2D eigenvalue weighted by molar-refractivity contribution is 7.15. The number of carbonyl (C=O) groups is 3. The van der Waals surface area contributed by atoms with E-state index in [0.717, 1.165) is 80.9 Å². The number of thiazole rings is 1. The molecule has 0 aliphatic carbocycles. The zero-order valence-electron chi connectivity index (χ0n) is 39.6. The van der Waals surface area contributed by atoms with E-state index in [1.54, 1.807) is 28.7 Å². The minimum atomic E-state index is -0.830. The van der Waals surface area contributed by atoms with Crippen molar-refractivity contribution in [2.75, 3.05) is 32.8 Å². The van der Waals surface area contributed by atoms with Gasteiger partial charge in [0, 0.05) is 72.3 Å². The molecule has 0 unspecified atom stereocenters. The van der Waals surface area contributed by atoms with Crippen molar-refractivity contribution in [1.82, 2.24) is 45.3 Å². The van der Waals surface area contributed by atoms with Gasteiger partial charge >= 0.3 is 0 Å². The van der Waals surface area contributed by atoms with Crippen LogP contribution < -0.4 is 15.4 Å². The van der Waals surface area contributed by atoms with Crippen LogP contribution in [0.5, 0.6) is 5.88 Å². The number of nitrogens with zero attached hydrogens (tertiary/aromatic N) is 8. The van der Waals surface area contributed by atoms with Gasteiger partial charge in [-0.1, -0.05) is 61.8 Å². The number of amides is 3. The van der Waals surface area contributed by atoms with Crippen LogP contribution in [0.2, 0.25) is 5.02 Å². The number of piperidine rings is 1. The largest absolute Gasteiger partial charge is 0.474 e. The van der Waals surface area contributed by atoms with Crippen molar-refractivity contribution in [3.05, 3.63) is 115 Å². The Balaban J connectivity index is 0.758. The van der Waals surface area contributed by atoms with Crippen LogP contribution in [0.4, 0.5) is 0 Å². The third kappa shape index (κ3) is 10.4. The van der Waals surface area contributed by atoms with Gasteiger partial charge in [-0.05, 0) is 80.4 Å². The van der Waals surface area contributed by atoms with Crippen molar-refractivity contribution >= 4 is 57.7 Å². The second-order valence-corrected chi connectivity index (χ2v) is 21.0. The van der Waals surface area contributed by atoms with E-state index in [-0.39, 0.29) is 61.5 Å². The highest BCUT2D eigenvalue weighted by Crippen LogP contribution is 2.40. The van der Waals surface area contributed by atoms with Crippen molar-refractivity contribution in [1.29, 1.82) is 0 Å². The number of hydrogen-bond acceptors (Lipinski definition) is 14. The normalized spacial score (nSPS) is 18.9. The number of β-amino-alcohol motifs (C(OH)–C–C–N with tert-alkyl or cyclic N) is 1. The molecule has 0 saturated carbocycles. The zero-order valence-corrected chi connectivity index (χ0v) is 42.0. The Morgan fingerprint density at radius 3 is 2.45 bits per heavy atom. The van der Waals surface area contributed by atoms with E-state index in [1.807, 2.05) is 81.7 Å². The van der Waals surface area contributed by atoms with E-state index in [9.17, 15) is 19.5 Å². The Bertz CT molecular complexity index is 2850. The first-order chi connectivity index (χ1) is 33.2. The molecule has 69 heavy (non-hydrogen) atoms. The lowest BCUT2D eigenvalue weighted by molar-refractivity contribution is -0.141. The summed E-state index contributed by atoms with van der Waals surface area (Å²) in [6, 6.07) is 15.9. The summed E-state index contributed by atoms with van der Waals surface area (Å²) in [5, 5.41) is 31.7. The first kappa shape index (κ1) is 48.2. The number of rotatable bonds is 15. The van der Waals surface area contributed by atoms with E-state index < -0.39 is 24.1 Å². The van der Waals surface area contributed by atoms with Crippen LogP contribution in [0.3, 0.4) is 0 Å². The predicted molar refractivity (Wildman–Crippen MR) is 265 cm³/mol. The molecule has 3 aliphatic heterocycles. The third-order valence-corrected chi connectivity index (χ3v) is 15.8. The second-order valence-electron chi connectivity index (χ2n) is 18.5. The lowest BCUT2D eigenvalue weighted by Crippen LogP contribution is -2.48. The molecule has 4 aromatic heterocycles. The average molecular weight is 994 g/mol. The molecule has 2 aromatic carbocycles. The monoisotopic (exact) mass is 992 g/mol. The Morgan fingerprint density at radius 2 is 1.74 bits per heavy atom. The number of nitrogens with one attached hydrogen (secondary N) is 2. The van der Waals surface area contributed by atoms with Gasteiger partial charge in [0.1, 0.15) is 35.4 Å². The number of halogens is 1. The molecule has 0 spiro atoms. The van der Waals surface area contributed by atoms with Gasteiger partial charge in [-0.3, -0.25) is 28.8 Å². The molecular formula is C50H57ClN10O6S2. The van der Waals surface area contributed by atoms with Crippen LogP contribution in [0.25, 0.3) is 15.4 Å². The first-order valence-corrected chi connectivity index (χ1v) is 25.5. The minimum absolute atomic E-state index is 0.00823. The lowest BCUT2D eigenvalue weighted by atomic mass is 9.91. The number of aliphatic hydroxyl groups excluding tert-OH is 1. The van der Waals surface area contributed by atoms with Crippen molar-refractivity contribution in [2.45, 2.75) is 104 Å². The average Bonchev–Trinajstić information content (AvgIpc) is 4.17. The predicted octanol–water partition coefficient (Wildman–Crippen LogP) is 7.29. The molecule has 9 rings (SSSR count). The molecule has 0 radical (unpaired) electrons. The summed E-state index contributed by atoms with van der Waals surface area (Å²) < 4.78 is 13.8. The van der Waals surface area contributed by atoms with Crippen molar-refractivity contribution < 1.29 is 28.8 Å². The van der Waals surface area contributed by atoms with E-state index in [1.165, 1.54) is 9.78 Å². The van der Waals surface area contributed by atoms with Gasteiger partial charge in [0.2, 0.25) is 17.7 Å². The molecule has 3 amide bonds. The van der Waals surface area contributed by atoms with Crippen molar-refractivity contribution in [2.24, 2.45) is 10.9 Å². The molecule has 3 aliphatic rings. The van der Waals surface area contributed by atoms with Gasteiger partial charge in [-0.25, -0.2) is 4.98 Å². The highest BCUT2D eigenvalue weighted by Gasteiger charge is 2.43. The number of fused-ring (bicyclic) bond motifs is 3. The van der Waals surface area contributed by atoms with Gasteiger partial charge in [0.25, 0.3) is 5.88 Å². The molecule has 2 fully saturated rings. The van der Waals surface area contributed by atoms with E-state index in [4.69, 9.17) is 25.9 Å². The summed E-state index contributed by atoms with van der Waals surface area (Å²) >= 11 is 9.54. The van der Waals surface area contributed by atoms with Gasteiger partial charge in [-0.2, -0.15) is 0 Å². The number of aromatic nitrogens is 5. The zero-order chi connectivity index (χ0) is 48.5. The van der Waals surface area contributed by atoms with Crippen LogP contribution in [0, 0.1) is 33.6 Å². The van der Waals surface area contributed by atoms with Gasteiger partial charge < -0.3 is 29.9 Å². The molecule has 19 heteroatoms. The van der Waals surface area contributed by atoms with E-state index >= 15 is 0 Å². The Morgan fingerprint density at radius 1 is 1.00 bits per heavy atom. The van der Waals surface area contributed by atoms with Crippen molar-refractivity contribution in [3.8, 4) is 21.3 Å². The fourth-order valence-electron chi connectivity index (χ4n) is 9.54. The topological polar surface area (TPSA) is 193 Å². The Kier molecular flexibility index (Phi) is 14.4. The summed E-state index contributed by atoms with van der Waals surface area (Å²) in [4.78, 5) is 57.1. The van der Waals surface area contributed by atoms with Crippen LogP contribution in [-0.2, 0) is 20.9 Å².